The van der Waals surface area contributed by atoms with Gasteiger partial charge in [-0.2, -0.15) is 5.10 Å². The number of hydrogen-bond donors (Lipinski definition) is 3. The van der Waals surface area contributed by atoms with Crippen LogP contribution < -0.4 is 16.5 Å². The number of para-hydroxylation sites is 2. The Morgan fingerprint density at radius 3 is 2.18 bits per heavy atom. The van der Waals surface area contributed by atoms with E-state index >= 15 is 0 Å². The first kappa shape index (κ1) is 37.0. The second kappa shape index (κ2) is 18.7. The van der Waals surface area contributed by atoms with Crippen LogP contribution in [0.25, 0.3) is 0 Å². The van der Waals surface area contributed by atoms with Gasteiger partial charge in [0.25, 0.3) is 0 Å². The Hall–Kier alpha value is -4.78. The van der Waals surface area contributed by atoms with Gasteiger partial charge in [-0.05, 0) is 57.7 Å². The van der Waals surface area contributed by atoms with E-state index in [4.69, 9.17) is 15.3 Å². The Morgan fingerprint density at radius 2 is 1.49 bits per heavy atom. The zero-order valence-electron chi connectivity index (χ0n) is 28.4. The first-order valence-electron chi connectivity index (χ1n) is 17.3. The average Bonchev–Trinajstić information content (AvgIpc) is 3.25. The summed E-state index contributed by atoms with van der Waals surface area (Å²) in [4.78, 5) is 60.6. The molecule has 2 aliphatic carbocycles. The molecule has 13 nitrogen and oxygen atoms in total. The molecule has 2 aromatic rings. The molecule has 0 unspecified atom stereocenters. The molecule has 0 saturated heterocycles. The lowest BCUT2D eigenvalue weighted by Crippen LogP contribution is -2.44. The van der Waals surface area contributed by atoms with Crippen LogP contribution in [0.15, 0.2) is 53.6 Å². The summed E-state index contributed by atoms with van der Waals surface area (Å²) >= 11 is 0. The number of urea groups is 2. The molecule has 4 amide bonds. The predicted octanol–water partition coefficient (Wildman–Crippen LogP) is 6.10. The standard InChI is InChI=1S/C18H25N3O4.C18H23N3O3/c1-2-25-16(22)12-21(19)18(24)20-15-11-7-6-10-14(15)17(23)13-8-4-3-5-9-13;1-2-24-16(22)12-21-18(23)19-15-11-7-6-10-14(15)17(20-21)13-8-4-3-5-9-13/h6-7,10-11,13H,2-5,8-9,12,19H2,1H3,(H,20,24);6-7,10-11,13H,2-5,8-9,12H2,1H3,(H,19,23). The summed E-state index contributed by atoms with van der Waals surface area (Å²) in [6.45, 7) is 3.38. The fourth-order valence-corrected chi connectivity index (χ4v) is 6.33. The number of carbonyl (C=O) groups excluding carboxylic acids is 5. The third-order valence-electron chi connectivity index (χ3n) is 8.76. The fraction of sp³-hybridized carbons (Fsp3) is 0.500. The van der Waals surface area contributed by atoms with Crippen LogP contribution in [0.2, 0.25) is 0 Å². The molecular formula is C36H48N6O7. The quantitative estimate of drug-likeness (QED) is 0.0890. The van der Waals surface area contributed by atoms with Crippen molar-refractivity contribution in [3.8, 4) is 0 Å². The molecule has 3 aliphatic rings. The largest absolute Gasteiger partial charge is 0.465 e. The number of carbonyl (C=O) groups is 5. The minimum absolute atomic E-state index is 0.000290. The van der Waals surface area contributed by atoms with Crippen molar-refractivity contribution in [3.63, 3.8) is 0 Å². The number of nitrogens with two attached hydrogens (primary N) is 1. The van der Waals surface area contributed by atoms with Gasteiger partial charge in [0, 0.05) is 23.0 Å². The Bertz CT molecular complexity index is 1500. The molecule has 1 aliphatic heterocycles. The van der Waals surface area contributed by atoms with Crippen molar-refractivity contribution in [3.05, 3.63) is 59.7 Å². The number of hydrogen-bond acceptors (Lipinski definition) is 9. The van der Waals surface area contributed by atoms with Gasteiger partial charge >= 0.3 is 24.0 Å². The van der Waals surface area contributed by atoms with E-state index < -0.39 is 24.0 Å². The highest BCUT2D eigenvalue weighted by molar-refractivity contribution is 6.11. The molecule has 2 aromatic carbocycles. The summed E-state index contributed by atoms with van der Waals surface area (Å²) in [5, 5.41) is 12.0. The molecule has 1 heterocycles. The van der Waals surface area contributed by atoms with Crippen molar-refractivity contribution in [1.29, 1.82) is 0 Å². The second-order valence-electron chi connectivity index (χ2n) is 12.3. The van der Waals surface area contributed by atoms with E-state index in [9.17, 15) is 24.0 Å². The molecule has 49 heavy (non-hydrogen) atoms. The van der Waals surface area contributed by atoms with Gasteiger partial charge in [-0.25, -0.2) is 20.4 Å². The topological polar surface area (TPSA) is 173 Å². The van der Waals surface area contributed by atoms with Gasteiger partial charge in [-0.3, -0.25) is 19.4 Å². The van der Waals surface area contributed by atoms with E-state index in [0.29, 0.717) is 17.2 Å². The molecule has 4 N–H and O–H groups in total. The summed E-state index contributed by atoms with van der Waals surface area (Å²) in [6.07, 6.45) is 10.8. The number of hydrazone groups is 1. The zero-order valence-corrected chi connectivity index (χ0v) is 28.4. The normalized spacial score (nSPS) is 16.4. The fourth-order valence-electron chi connectivity index (χ4n) is 6.33. The van der Waals surface area contributed by atoms with Crippen LogP contribution >= 0.6 is 0 Å². The molecule has 0 radical (unpaired) electrons. The third kappa shape index (κ3) is 10.6. The van der Waals surface area contributed by atoms with Crippen molar-refractivity contribution in [2.75, 3.05) is 36.9 Å². The summed E-state index contributed by atoms with van der Waals surface area (Å²) in [6, 6.07) is 13.5. The number of ketones is 1. The van der Waals surface area contributed by atoms with E-state index in [2.05, 4.69) is 15.7 Å². The number of rotatable bonds is 10. The number of amides is 4. The molecule has 5 rings (SSSR count). The number of nitrogens with zero attached hydrogens (tertiary/aromatic N) is 3. The average molecular weight is 677 g/mol. The number of esters is 2. The minimum atomic E-state index is -0.669. The summed E-state index contributed by atoms with van der Waals surface area (Å²) in [5.41, 5.74) is 3.48. The maximum Gasteiger partial charge on any atom is 0.342 e. The lowest BCUT2D eigenvalue weighted by Gasteiger charge is -2.24. The van der Waals surface area contributed by atoms with Gasteiger partial charge in [0.2, 0.25) is 0 Å². The van der Waals surface area contributed by atoms with Crippen LogP contribution in [0.3, 0.4) is 0 Å². The van der Waals surface area contributed by atoms with E-state index in [1.54, 1.807) is 38.1 Å². The number of ether oxygens (including phenoxy) is 2. The first-order chi connectivity index (χ1) is 23.7. The van der Waals surface area contributed by atoms with Crippen molar-refractivity contribution >= 4 is 46.9 Å². The lowest BCUT2D eigenvalue weighted by atomic mass is 9.83. The van der Waals surface area contributed by atoms with Gasteiger partial charge in [0.1, 0.15) is 13.1 Å². The van der Waals surface area contributed by atoms with Crippen LogP contribution in [0, 0.1) is 11.8 Å². The van der Waals surface area contributed by atoms with Gasteiger partial charge in [0.15, 0.2) is 5.78 Å². The molecular weight excluding hydrogens is 628 g/mol. The second-order valence-corrected chi connectivity index (χ2v) is 12.3. The summed E-state index contributed by atoms with van der Waals surface area (Å²) in [5.74, 6) is 4.92. The van der Waals surface area contributed by atoms with Gasteiger partial charge in [-0.1, -0.05) is 68.9 Å². The molecule has 0 atom stereocenters. The lowest BCUT2D eigenvalue weighted by molar-refractivity contribution is -0.144. The number of nitrogens with one attached hydrogen (secondary N) is 2. The van der Waals surface area contributed by atoms with Crippen LogP contribution in [0.5, 0.6) is 0 Å². The third-order valence-corrected chi connectivity index (χ3v) is 8.76. The highest BCUT2D eigenvalue weighted by Gasteiger charge is 2.30. The molecule has 0 aromatic heterocycles. The predicted molar refractivity (Wildman–Crippen MR) is 186 cm³/mol. The Kier molecular flexibility index (Phi) is 14.1. The number of Topliss-reactive ketones (excluding diaryl/α,β-unsaturated/α-hetero) is 1. The van der Waals surface area contributed by atoms with Crippen LogP contribution in [-0.2, 0) is 19.1 Å². The summed E-state index contributed by atoms with van der Waals surface area (Å²) in [7, 11) is 0. The smallest absolute Gasteiger partial charge is 0.342 e. The van der Waals surface area contributed by atoms with Crippen LogP contribution in [-0.4, -0.2) is 71.8 Å². The van der Waals surface area contributed by atoms with E-state index in [-0.39, 0.29) is 38.0 Å². The van der Waals surface area contributed by atoms with Crippen molar-refractivity contribution < 1.29 is 33.4 Å². The highest BCUT2D eigenvalue weighted by Crippen LogP contribution is 2.32. The van der Waals surface area contributed by atoms with Gasteiger partial charge < -0.3 is 20.1 Å². The van der Waals surface area contributed by atoms with Gasteiger partial charge in [0.05, 0.1) is 30.3 Å². The Morgan fingerprint density at radius 1 is 0.878 bits per heavy atom. The Balaban J connectivity index is 0.000000221. The SMILES string of the molecule is CCOC(=O)CN(N)C(=O)Nc1ccccc1C(=O)C1CCCCC1.CCOC(=O)CN1N=C(C2CCCCC2)c2ccccc2NC1=O. The molecule has 0 bridgehead atoms. The number of benzene rings is 2. The molecule has 13 heteroatoms. The van der Waals surface area contributed by atoms with E-state index in [1.165, 1.54) is 24.3 Å². The monoisotopic (exact) mass is 676 g/mol. The molecule has 2 fully saturated rings. The van der Waals surface area contributed by atoms with Gasteiger partial charge in [-0.15, -0.1) is 0 Å². The highest BCUT2D eigenvalue weighted by atomic mass is 16.5. The number of fused-ring (bicyclic) bond motifs is 1. The van der Waals surface area contributed by atoms with Crippen LogP contribution in [0.1, 0.15) is 94.0 Å². The Labute approximate surface area is 287 Å². The minimum Gasteiger partial charge on any atom is -0.465 e. The van der Waals surface area contributed by atoms with Crippen molar-refractivity contribution in [2.45, 2.75) is 78.1 Å². The van der Waals surface area contributed by atoms with Crippen molar-refractivity contribution in [2.24, 2.45) is 22.8 Å². The molecule has 2 saturated carbocycles. The first-order valence-corrected chi connectivity index (χ1v) is 17.3. The van der Waals surface area contributed by atoms with E-state index in [1.807, 2.05) is 24.3 Å². The maximum atomic E-state index is 12.8. The number of hydrazine groups is 1. The van der Waals surface area contributed by atoms with Crippen molar-refractivity contribution in [1.82, 2.24) is 10.0 Å². The summed E-state index contributed by atoms with van der Waals surface area (Å²) < 4.78 is 9.72. The molecule has 0 spiro atoms. The zero-order chi connectivity index (χ0) is 35.2. The van der Waals surface area contributed by atoms with E-state index in [0.717, 1.165) is 66.9 Å². The maximum absolute atomic E-state index is 12.8. The number of anilines is 2. The molecule has 264 valence electrons. The van der Waals surface area contributed by atoms with Crippen LogP contribution in [0.4, 0.5) is 21.0 Å².